The van der Waals surface area contributed by atoms with Crippen LogP contribution in [0.25, 0.3) is 21.5 Å². The van der Waals surface area contributed by atoms with Crippen LogP contribution in [0.1, 0.15) is 20.7 Å². The van der Waals surface area contributed by atoms with Gasteiger partial charge in [0, 0.05) is 17.2 Å². The second-order valence-corrected chi connectivity index (χ2v) is 6.56. The number of benzene rings is 4. The van der Waals surface area contributed by atoms with Crippen molar-refractivity contribution in [2.75, 3.05) is 0 Å². The Labute approximate surface area is 166 Å². The monoisotopic (exact) mass is 381 g/mol. The van der Waals surface area contributed by atoms with E-state index in [0.717, 1.165) is 16.2 Å². The molecule has 0 saturated carbocycles. The van der Waals surface area contributed by atoms with E-state index < -0.39 is 0 Å². The summed E-state index contributed by atoms with van der Waals surface area (Å²) in [5.41, 5.74) is 1.17. The highest BCUT2D eigenvalue weighted by Gasteiger charge is 2.17. The highest BCUT2D eigenvalue weighted by atomic mass is 16.6. The second kappa shape index (κ2) is 7.48. The number of fused-ring (bicyclic) bond motifs is 3. The minimum atomic E-state index is -0.336. The van der Waals surface area contributed by atoms with E-state index in [-0.39, 0.29) is 22.2 Å². The van der Waals surface area contributed by atoms with Crippen LogP contribution in [-0.4, -0.2) is 16.5 Å². The predicted octanol–water partition coefficient (Wildman–Crippen LogP) is 5.52. The number of ketones is 2. The number of hydrogen-bond donors (Lipinski definition) is 0. The summed E-state index contributed by atoms with van der Waals surface area (Å²) in [4.78, 5) is 33.0. The van der Waals surface area contributed by atoms with Gasteiger partial charge < -0.3 is 0 Å². The molecule has 0 fully saturated rings. The van der Waals surface area contributed by atoms with Gasteiger partial charge in [0.05, 0.1) is 10.3 Å². The Bertz CT molecular complexity index is 1280. The van der Waals surface area contributed by atoms with Crippen molar-refractivity contribution >= 4 is 38.8 Å². The summed E-state index contributed by atoms with van der Waals surface area (Å²) in [6.45, 7) is 0. The molecule has 5 rings (SSSR count). The molecular weight excluding hydrogens is 366 g/mol. The number of nitrogens with zero attached hydrogens (tertiary/aromatic N) is 1. The van der Waals surface area contributed by atoms with Crippen LogP contribution < -0.4 is 0 Å². The van der Waals surface area contributed by atoms with E-state index in [9.17, 15) is 19.7 Å². The lowest BCUT2D eigenvalue weighted by atomic mass is 9.95. The van der Waals surface area contributed by atoms with E-state index in [1.54, 1.807) is 30.3 Å². The molecular formula is C24H15NO4. The average Bonchev–Trinajstić information content (AvgIpc) is 2.75. The lowest BCUT2D eigenvalue weighted by molar-refractivity contribution is -0.383. The second-order valence-electron chi connectivity index (χ2n) is 6.56. The van der Waals surface area contributed by atoms with Gasteiger partial charge in [-0.25, -0.2) is 0 Å². The maximum atomic E-state index is 11.2. The van der Waals surface area contributed by atoms with E-state index >= 15 is 0 Å². The Balaban J connectivity index is 0.000000150. The molecule has 0 unspecified atom stereocenters. The summed E-state index contributed by atoms with van der Waals surface area (Å²) in [6, 6.07) is 23.7. The summed E-state index contributed by atoms with van der Waals surface area (Å²) >= 11 is 0. The molecule has 4 aromatic carbocycles. The molecule has 140 valence electrons. The van der Waals surface area contributed by atoms with Crippen LogP contribution in [0.2, 0.25) is 0 Å². The molecule has 0 amide bonds. The maximum Gasteiger partial charge on any atom is 0.277 e. The number of carbonyl (C=O) groups is 2. The topological polar surface area (TPSA) is 77.3 Å². The third-order valence-corrected chi connectivity index (χ3v) is 4.76. The molecule has 0 aromatic heterocycles. The first-order valence-corrected chi connectivity index (χ1v) is 8.96. The van der Waals surface area contributed by atoms with Crippen LogP contribution in [0.5, 0.6) is 0 Å². The number of hydrogen-bond acceptors (Lipinski definition) is 4. The summed E-state index contributed by atoms with van der Waals surface area (Å²) in [5, 5.41) is 14.7. The quantitative estimate of drug-likeness (QED) is 0.247. The number of rotatable bonds is 1. The molecule has 1 aliphatic rings. The van der Waals surface area contributed by atoms with Gasteiger partial charge in [-0.15, -0.1) is 0 Å². The molecule has 0 radical (unpaired) electrons. The average molecular weight is 381 g/mol. The van der Waals surface area contributed by atoms with Crippen LogP contribution >= 0.6 is 0 Å². The molecule has 0 aliphatic heterocycles. The van der Waals surface area contributed by atoms with Crippen molar-refractivity contribution in [2.45, 2.75) is 0 Å². The number of allylic oxidation sites excluding steroid dienone is 2. The predicted molar refractivity (Wildman–Crippen MR) is 112 cm³/mol. The molecule has 0 N–H and O–H groups in total. The lowest BCUT2D eigenvalue weighted by Crippen LogP contribution is -2.10. The fourth-order valence-corrected chi connectivity index (χ4v) is 3.35. The van der Waals surface area contributed by atoms with Gasteiger partial charge in [-0.05, 0) is 40.4 Å². The first kappa shape index (κ1) is 18.3. The highest BCUT2D eigenvalue weighted by Crippen LogP contribution is 2.29. The van der Waals surface area contributed by atoms with E-state index in [1.807, 2.05) is 42.5 Å². The normalized spacial score (nSPS) is 12.4. The van der Waals surface area contributed by atoms with Gasteiger partial charge in [-0.3, -0.25) is 19.7 Å². The van der Waals surface area contributed by atoms with Gasteiger partial charge in [0.25, 0.3) is 5.69 Å². The molecule has 5 nitrogen and oxygen atoms in total. The van der Waals surface area contributed by atoms with Crippen LogP contribution in [0.4, 0.5) is 5.69 Å². The minimum Gasteiger partial charge on any atom is -0.289 e. The molecule has 0 saturated heterocycles. The molecule has 0 atom stereocenters. The smallest absolute Gasteiger partial charge is 0.277 e. The van der Waals surface area contributed by atoms with Crippen LogP contribution in [0, 0.1) is 10.1 Å². The maximum absolute atomic E-state index is 11.2. The zero-order valence-electron chi connectivity index (χ0n) is 15.2. The molecule has 0 bridgehead atoms. The standard InChI is InChI=1S/C14H9NO2.C10H6O2/c16-15(17)14-7-3-6-12-8-10-4-1-2-5-11(10)9-13(12)14;11-9-5-6-10(12)8-4-2-1-3-7(8)9/h1-9H;1-6H. The third-order valence-electron chi connectivity index (χ3n) is 4.76. The van der Waals surface area contributed by atoms with Gasteiger partial charge in [-0.1, -0.05) is 60.7 Å². The molecule has 1 aliphatic carbocycles. The van der Waals surface area contributed by atoms with Crippen molar-refractivity contribution in [3.8, 4) is 0 Å². The molecule has 5 heteroatoms. The van der Waals surface area contributed by atoms with E-state index in [1.165, 1.54) is 18.2 Å². The van der Waals surface area contributed by atoms with E-state index in [2.05, 4.69) is 0 Å². The Morgan fingerprint density at radius 3 is 1.72 bits per heavy atom. The summed E-state index contributed by atoms with van der Waals surface area (Å²) in [5.74, 6) is -0.185. The number of non-ortho nitro benzene ring substituents is 1. The zero-order chi connectivity index (χ0) is 20.4. The molecule has 29 heavy (non-hydrogen) atoms. The zero-order valence-corrected chi connectivity index (χ0v) is 15.2. The molecule has 0 heterocycles. The van der Waals surface area contributed by atoms with Gasteiger partial charge >= 0.3 is 0 Å². The molecule has 0 spiro atoms. The van der Waals surface area contributed by atoms with Crippen LogP contribution in [0.3, 0.4) is 0 Å². The highest BCUT2D eigenvalue weighted by molar-refractivity contribution is 6.21. The number of carbonyl (C=O) groups excluding carboxylic acids is 2. The number of nitro benzene ring substituents is 1. The van der Waals surface area contributed by atoms with Crippen molar-refractivity contribution in [1.82, 2.24) is 0 Å². The fraction of sp³-hybridized carbons (Fsp3) is 0. The lowest BCUT2D eigenvalue weighted by Gasteiger charge is -2.06. The fourth-order valence-electron chi connectivity index (χ4n) is 3.35. The van der Waals surface area contributed by atoms with Crippen molar-refractivity contribution in [3.05, 3.63) is 112 Å². The van der Waals surface area contributed by atoms with Gasteiger partial charge in [-0.2, -0.15) is 0 Å². The Hall–Kier alpha value is -4.12. The van der Waals surface area contributed by atoms with Gasteiger partial charge in [0.1, 0.15) is 0 Å². The Morgan fingerprint density at radius 1 is 0.621 bits per heavy atom. The first-order valence-electron chi connectivity index (χ1n) is 8.96. The SMILES string of the molecule is O=C1C=CC(=O)c2ccccc21.O=[N+]([O-])c1cccc2cc3ccccc3cc12. The van der Waals surface area contributed by atoms with Crippen LogP contribution in [0.15, 0.2) is 91.0 Å². The van der Waals surface area contributed by atoms with Crippen molar-refractivity contribution in [2.24, 2.45) is 0 Å². The largest absolute Gasteiger partial charge is 0.289 e. The molecule has 4 aromatic rings. The van der Waals surface area contributed by atoms with Crippen molar-refractivity contribution in [1.29, 1.82) is 0 Å². The first-order chi connectivity index (χ1) is 14.0. The van der Waals surface area contributed by atoms with E-state index in [0.29, 0.717) is 16.5 Å². The van der Waals surface area contributed by atoms with Gasteiger partial charge in [0.15, 0.2) is 11.6 Å². The minimum absolute atomic E-state index is 0.0924. The summed E-state index contributed by atoms with van der Waals surface area (Å²) < 4.78 is 0. The van der Waals surface area contributed by atoms with Crippen molar-refractivity contribution < 1.29 is 14.5 Å². The van der Waals surface area contributed by atoms with Crippen LogP contribution in [-0.2, 0) is 0 Å². The summed E-state index contributed by atoms with van der Waals surface area (Å²) in [7, 11) is 0. The Kier molecular flexibility index (Phi) is 4.71. The summed E-state index contributed by atoms with van der Waals surface area (Å²) in [6.07, 6.45) is 2.62. The van der Waals surface area contributed by atoms with E-state index in [4.69, 9.17) is 0 Å². The Morgan fingerprint density at radius 2 is 1.14 bits per heavy atom. The third kappa shape index (κ3) is 3.53. The van der Waals surface area contributed by atoms with Gasteiger partial charge in [0.2, 0.25) is 0 Å². The van der Waals surface area contributed by atoms with Crippen molar-refractivity contribution in [3.63, 3.8) is 0 Å². The number of nitro groups is 1.